The van der Waals surface area contributed by atoms with Crippen LogP contribution in [-0.2, 0) is 11.8 Å². The molecule has 0 unspecified atom stereocenters. The van der Waals surface area contributed by atoms with E-state index in [2.05, 4.69) is 25.7 Å². The quantitative estimate of drug-likeness (QED) is 0.391. The van der Waals surface area contributed by atoms with Gasteiger partial charge in [0.25, 0.3) is 17.6 Å². The zero-order valence-electron chi connectivity index (χ0n) is 21.7. The lowest BCUT2D eigenvalue weighted by molar-refractivity contribution is -0.119. The van der Waals surface area contributed by atoms with Gasteiger partial charge in [-0.1, -0.05) is 0 Å². The van der Waals surface area contributed by atoms with E-state index in [4.69, 9.17) is 0 Å². The number of hydrogen-bond acceptors (Lipinski definition) is 6. The minimum absolute atomic E-state index is 0.163. The highest BCUT2D eigenvalue weighted by atomic mass is 19.1. The van der Waals surface area contributed by atoms with Gasteiger partial charge in [-0.2, -0.15) is 5.10 Å². The van der Waals surface area contributed by atoms with Gasteiger partial charge in [0.15, 0.2) is 5.82 Å². The van der Waals surface area contributed by atoms with E-state index < -0.39 is 23.1 Å². The van der Waals surface area contributed by atoms with E-state index in [1.807, 2.05) is 19.1 Å². The summed E-state index contributed by atoms with van der Waals surface area (Å²) < 4.78 is 15.2. The van der Waals surface area contributed by atoms with E-state index in [-0.39, 0.29) is 11.5 Å². The minimum Gasteiger partial charge on any atom is -0.355 e. The Morgan fingerprint density at radius 3 is 2.41 bits per heavy atom. The summed E-state index contributed by atoms with van der Waals surface area (Å²) in [5.74, 6) is -1.42. The molecule has 37 heavy (non-hydrogen) atoms. The number of amides is 2. The second-order valence-corrected chi connectivity index (χ2v) is 9.82. The van der Waals surface area contributed by atoms with Gasteiger partial charge >= 0.3 is 0 Å². The summed E-state index contributed by atoms with van der Waals surface area (Å²) in [6.07, 6.45) is 2.90. The molecule has 2 aromatic heterocycles. The van der Waals surface area contributed by atoms with Gasteiger partial charge in [0.1, 0.15) is 5.82 Å². The highest BCUT2D eigenvalue weighted by Gasteiger charge is 2.36. The minimum atomic E-state index is -0.708. The summed E-state index contributed by atoms with van der Waals surface area (Å²) in [7, 11) is 1.66. The summed E-state index contributed by atoms with van der Waals surface area (Å²) in [5.41, 5.74) is 1.73. The first-order valence-corrected chi connectivity index (χ1v) is 12.1. The fourth-order valence-electron chi connectivity index (χ4n) is 4.80. The van der Waals surface area contributed by atoms with Crippen molar-refractivity contribution in [1.82, 2.24) is 20.1 Å². The van der Waals surface area contributed by atoms with Crippen LogP contribution in [-0.4, -0.2) is 51.0 Å². The van der Waals surface area contributed by atoms with Crippen LogP contribution in [0.2, 0.25) is 0 Å². The number of carbonyl (C=O) groups is 3. The number of piperidine rings is 1. The lowest BCUT2D eigenvalue weighted by atomic mass is 9.89. The van der Waals surface area contributed by atoms with Crippen LogP contribution in [0.15, 0.2) is 36.5 Å². The predicted octanol–water partition coefficient (Wildman–Crippen LogP) is 3.49. The van der Waals surface area contributed by atoms with Crippen LogP contribution >= 0.6 is 0 Å². The van der Waals surface area contributed by atoms with Crippen LogP contribution in [0, 0.1) is 26.6 Å². The number of nitrogens with one attached hydrogen (secondary N) is 2. The molecule has 1 fully saturated rings. The van der Waals surface area contributed by atoms with Crippen molar-refractivity contribution in [2.75, 3.05) is 23.3 Å². The Morgan fingerprint density at radius 2 is 1.78 bits per heavy atom. The maximum atomic E-state index is 13.6. The zero-order chi connectivity index (χ0) is 26.9. The summed E-state index contributed by atoms with van der Waals surface area (Å²) in [6.45, 7) is 8.24. The number of carbonyl (C=O) groups excluding carboxylic acids is 3. The molecule has 0 spiro atoms. The first kappa shape index (κ1) is 26.0. The maximum absolute atomic E-state index is 13.6. The molecule has 1 aliphatic heterocycles. The Labute approximate surface area is 215 Å². The standard InChI is InChI=1S/C27H31FN6O3/c1-16-15-19(8-9-20(16)28)30-25(36)22-17(2)23(33(5)18(22)3)24(35)26(37)31-27(4)10-13-34(14-11-27)21-7-6-12-29-32-21/h6-9,12,15H,10-11,13-14H2,1-5H3,(H,30,36)(H,31,37). The highest BCUT2D eigenvalue weighted by molar-refractivity contribution is 6.43. The Bertz CT molecular complexity index is 1360. The normalized spacial score (nSPS) is 14.8. The molecule has 0 bridgehead atoms. The van der Waals surface area contributed by atoms with Gasteiger partial charge in [-0.15, -0.1) is 5.10 Å². The van der Waals surface area contributed by atoms with Crippen molar-refractivity contribution < 1.29 is 18.8 Å². The zero-order valence-corrected chi connectivity index (χ0v) is 21.7. The molecular weight excluding hydrogens is 475 g/mol. The van der Waals surface area contributed by atoms with E-state index >= 15 is 0 Å². The van der Waals surface area contributed by atoms with Gasteiger partial charge < -0.3 is 20.1 Å². The van der Waals surface area contributed by atoms with Gasteiger partial charge in [0, 0.05) is 43.3 Å². The van der Waals surface area contributed by atoms with Crippen LogP contribution in [0.1, 0.15) is 57.4 Å². The fraction of sp³-hybridized carbons (Fsp3) is 0.370. The van der Waals surface area contributed by atoms with Crippen LogP contribution in [0.3, 0.4) is 0 Å². The van der Waals surface area contributed by atoms with E-state index in [1.165, 1.54) is 18.2 Å². The lowest BCUT2D eigenvalue weighted by Gasteiger charge is -2.40. The monoisotopic (exact) mass is 506 g/mol. The first-order chi connectivity index (χ1) is 17.5. The molecule has 0 radical (unpaired) electrons. The molecule has 3 aromatic rings. The van der Waals surface area contributed by atoms with Gasteiger partial charge in [-0.3, -0.25) is 14.4 Å². The molecule has 4 rings (SSSR count). The van der Waals surface area contributed by atoms with Crippen molar-refractivity contribution in [3.63, 3.8) is 0 Å². The molecule has 9 nitrogen and oxygen atoms in total. The number of nitrogens with zero attached hydrogens (tertiary/aromatic N) is 4. The van der Waals surface area contributed by atoms with Crippen molar-refractivity contribution >= 4 is 29.1 Å². The second kappa shape index (κ2) is 10.1. The van der Waals surface area contributed by atoms with Crippen LogP contribution in [0.25, 0.3) is 0 Å². The van der Waals surface area contributed by atoms with E-state index in [9.17, 15) is 18.8 Å². The van der Waals surface area contributed by atoms with Crippen molar-refractivity contribution in [2.45, 2.75) is 46.1 Å². The summed E-state index contributed by atoms with van der Waals surface area (Å²) in [4.78, 5) is 41.5. The number of hydrogen-bond donors (Lipinski definition) is 2. The largest absolute Gasteiger partial charge is 0.355 e. The molecule has 0 aliphatic carbocycles. The first-order valence-electron chi connectivity index (χ1n) is 12.1. The Kier molecular flexibility index (Phi) is 7.11. The number of halogens is 1. The number of aromatic nitrogens is 3. The molecule has 194 valence electrons. The highest BCUT2D eigenvalue weighted by Crippen LogP contribution is 2.27. The van der Waals surface area contributed by atoms with Gasteiger partial charge in [0.2, 0.25) is 0 Å². The molecule has 1 aromatic carbocycles. The molecule has 2 N–H and O–H groups in total. The SMILES string of the molecule is Cc1cc(NC(=O)c2c(C)c(C(=O)C(=O)NC3(C)CCN(c4cccnn4)CC3)n(C)c2C)ccc1F. The summed E-state index contributed by atoms with van der Waals surface area (Å²) in [6, 6.07) is 8.02. The number of aryl methyl sites for hydroxylation is 1. The van der Waals surface area contributed by atoms with Crippen molar-refractivity contribution in [2.24, 2.45) is 7.05 Å². The summed E-state index contributed by atoms with van der Waals surface area (Å²) in [5, 5.41) is 13.7. The molecule has 3 heterocycles. The molecular formula is C27H31FN6O3. The molecule has 0 atom stereocenters. The van der Waals surface area contributed by atoms with Gasteiger partial charge in [-0.05, 0) is 82.0 Å². The van der Waals surface area contributed by atoms with Gasteiger partial charge in [0.05, 0.1) is 11.3 Å². The van der Waals surface area contributed by atoms with E-state index in [1.54, 1.807) is 38.6 Å². The summed E-state index contributed by atoms with van der Waals surface area (Å²) >= 11 is 0. The van der Waals surface area contributed by atoms with Crippen molar-refractivity contribution in [1.29, 1.82) is 0 Å². The lowest BCUT2D eigenvalue weighted by Crippen LogP contribution is -2.55. The Balaban J connectivity index is 1.47. The van der Waals surface area contributed by atoms with Gasteiger partial charge in [-0.25, -0.2) is 4.39 Å². The van der Waals surface area contributed by atoms with Crippen LogP contribution in [0.5, 0.6) is 0 Å². The third kappa shape index (κ3) is 5.23. The average molecular weight is 507 g/mol. The topological polar surface area (TPSA) is 109 Å². The number of ketones is 1. The van der Waals surface area contributed by atoms with E-state index in [0.717, 1.165) is 5.82 Å². The molecule has 2 amide bonds. The van der Waals surface area contributed by atoms with E-state index in [0.29, 0.717) is 54.0 Å². The molecule has 0 saturated carbocycles. The van der Waals surface area contributed by atoms with Crippen molar-refractivity contribution in [3.8, 4) is 0 Å². The Hall–Kier alpha value is -4.08. The molecule has 1 aliphatic rings. The third-order valence-electron chi connectivity index (χ3n) is 7.16. The van der Waals surface area contributed by atoms with Crippen molar-refractivity contribution in [3.05, 3.63) is 70.4 Å². The predicted molar refractivity (Wildman–Crippen MR) is 138 cm³/mol. The number of Topliss-reactive ketones (excluding diaryl/α,β-unsaturated/α-hetero) is 1. The smallest absolute Gasteiger partial charge is 0.294 e. The number of benzene rings is 1. The Morgan fingerprint density at radius 1 is 1.08 bits per heavy atom. The molecule has 1 saturated heterocycles. The maximum Gasteiger partial charge on any atom is 0.294 e. The van der Waals surface area contributed by atoms with Crippen LogP contribution < -0.4 is 15.5 Å². The number of anilines is 2. The average Bonchev–Trinajstić information content (AvgIpc) is 3.09. The molecule has 10 heteroatoms. The third-order valence-corrected chi connectivity index (χ3v) is 7.16. The second-order valence-electron chi connectivity index (χ2n) is 9.82. The van der Waals surface area contributed by atoms with Crippen LogP contribution in [0.4, 0.5) is 15.9 Å². The number of rotatable bonds is 6. The fourth-order valence-corrected chi connectivity index (χ4v) is 4.80.